The van der Waals surface area contributed by atoms with Crippen LogP contribution in [0.1, 0.15) is 35.2 Å². The monoisotopic (exact) mass is 297 g/mol. The number of fused-ring (bicyclic) bond motifs is 3. The summed E-state index contributed by atoms with van der Waals surface area (Å²) >= 11 is 6.08. The van der Waals surface area contributed by atoms with Crippen LogP contribution in [-0.2, 0) is 9.53 Å². The lowest BCUT2D eigenvalue weighted by Crippen LogP contribution is -2.42. The molecule has 0 saturated heterocycles. The Bertz CT molecular complexity index is 604. The molecule has 1 aromatic carbocycles. The average Bonchev–Trinajstić information content (AvgIpc) is 3.17. The number of hydrogen-bond donors (Lipinski definition) is 0. The van der Waals surface area contributed by atoms with E-state index in [0.29, 0.717) is 17.0 Å². The number of amides is 1. The van der Waals surface area contributed by atoms with Crippen molar-refractivity contribution in [1.29, 1.82) is 0 Å². The van der Waals surface area contributed by atoms with Crippen LogP contribution >= 0.6 is 11.6 Å². The van der Waals surface area contributed by atoms with Crippen molar-refractivity contribution in [1.82, 2.24) is 4.90 Å². The Kier molecular flexibility index (Phi) is 3.17. The molecule has 4 nitrogen and oxygen atoms in total. The van der Waals surface area contributed by atoms with Crippen LogP contribution in [0.5, 0.6) is 0 Å². The summed E-state index contributed by atoms with van der Waals surface area (Å²) in [5.74, 6) is -1.52. The van der Waals surface area contributed by atoms with Crippen molar-refractivity contribution >= 4 is 23.5 Å². The molecule has 2 aliphatic rings. The molecular formula is C14H13ClFNO3. The zero-order valence-corrected chi connectivity index (χ0v) is 11.6. The van der Waals surface area contributed by atoms with Crippen LogP contribution in [0, 0.1) is 5.82 Å². The van der Waals surface area contributed by atoms with Gasteiger partial charge in [0.2, 0.25) is 0 Å². The minimum absolute atomic E-state index is 0.000508. The molecule has 1 saturated carbocycles. The molecule has 0 spiro atoms. The summed E-state index contributed by atoms with van der Waals surface area (Å²) in [5.41, 5.74) is 0.585. The van der Waals surface area contributed by atoms with Gasteiger partial charge in [-0.05, 0) is 31.0 Å². The zero-order valence-electron chi connectivity index (χ0n) is 10.9. The van der Waals surface area contributed by atoms with Gasteiger partial charge in [0.25, 0.3) is 5.91 Å². The molecule has 0 unspecified atom stereocenters. The molecule has 0 bridgehead atoms. The summed E-state index contributed by atoms with van der Waals surface area (Å²) in [4.78, 5) is 25.3. The Hall–Kier alpha value is -1.62. The fourth-order valence-electron chi connectivity index (χ4n) is 2.81. The van der Waals surface area contributed by atoms with E-state index >= 15 is 0 Å². The first-order valence-corrected chi connectivity index (χ1v) is 6.86. The average molecular weight is 298 g/mol. The summed E-state index contributed by atoms with van der Waals surface area (Å²) < 4.78 is 18.8. The molecule has 6 heteroatoms. The molecule has 1 aliphatic carbocycles. The van der Waals surface area contributed by atoms with Gasteiger partial charge in [-0.1, -0.05) is 11.6 Å². The van der Waals surface area contributed by atoms with E-state index in [-0.39, 0.29) is 30.7 Å². The van der Waals surface area contributed by atoms with E-state index in [9.17, 15) is 14.0 Å². The Morgan fingerprint density at radius 2 is 2.30 bits per heavy atom. The molecule has 1 amide bonds. The van der Waals surface area contributed by atoms with Gasteiger partial charge in [0.15, 0.2) is 0 Å². The number of rotatable bonds is 3. The molecule has 106 valence electrons. The highest BCUT2D eigenvalue weighted by atomic mass is 35.5. The number of ether oxygens (including phenoxy) is 1. The summed E-state index contributed by atoms with van der Waals surface area (Å²) in [6, 6.07) is 2.59. The highest BCUT2D eigenvalue weighted by Gasteiger charge is 2.52. The van der Waals surface area contributed by atoms with Gasteiger partial charge in [0, 0.05) is 17.0 Å². The summed E-state index contributed by atoms with van der Waals surface area (Å²) in [5, 5.41) is 0.415. The minimum Gasteiger partial charge on any atom is -0.465 e. The first kappa shape index (κ1) is 13.4. The summed E-state index contributed by atoms with van der Waals surface area (Å²) in [6.45, 7) is 1.82. The van der Waals surface area contributed by atoms with E-state index in [2.05, 4.69) is 0 Å². The molecule has 0 radical (unpaired) electrons. The molecule has 0 N–H and O–H groups in total. The third kappa shape index (κ3) is 1.97. The van der Waals surface area contributed by atoms with E-state index in [1.807, 2.05) is 0 Å². The third-order valence-corrected chi connectivity index (χ3v) is 4.08. The van der Waals surface area contributed by atoms with Gasteiger partial charge in [-0.3, -0.25) is 9.59 Å². The number of halogens is 2. The maximum atomic E-state index is 13.9. The van der Waals surface area contributed by atoms with Gasteiger partial charge in [0.1, 0.15) is 12.4 Å². The van der Waals surface area contributed by atoms with Gasteiger partial charge in [-0.2, -0.15) is 0 Å². The molecule has 1 heterocycles. The predicted octanol–water partition coefficient (Wildman–Crippen LogP) is 2.35. The van der Waals surface area contributed by atoms with Crippen LogP contribution in [0.15, 0.2) is 12.1 Å². The van der Waals surface area contributed by atoms with Gasteiger partial charge >= 0.3 is 5.97 Å². The minimum atomic E-state index is -0.589. The number of hydrogen-bond acceptors (Lipinski definition) is 3. The fraction of sp³-hybridized carbons (Fsp3) is 0.429. The van der Waals surface area contributed by atoms with Crippen molar-refractivity contribution in [2.45, 2.75) is 25.3 Å². The standard InChI is InChI=1S/C14H13ClFNO3/c1-2-20-11(18)6-17-10-5-7(10)12-8(15)3-4-9(16)13(12)14(17)19/h3-4,7,10H,2,5-6H2,1H3/t7-,10+/m0/s1. The molecule has 1 aromatic rings. The number of carbonyl (C=O) groups is 2. The van der Waals surface area contributed by atoms with Crippen molar-refractivity contribution in [2.24, 2.45) is 0 Å². The Morgan fingerprint density at radius 1 is 1.55 bits per heavy atom. The van der Waals surface area contributed by atoms with Crippen molar-refractivity contribution < 1.29 is 18.7 Å². The van der Waals surface area contributed by atoms with Crippen molar-refractivity contribution in [3.8, 4) is 0 Å². The molecule has 20 heavy (non-hydrogen) atoms. The second-order valence-corrected chi connectivity index (χ2v) is 5.37. The lowest BCUT2D eigenvalue weighted by Gasteiger charge is -2.28. The SMILES string of the molecule is CCOC(=O)CN1C(=O)c2c(F)ccc(Cl)c2[C@H]2C[C@H]21. The fourth-order valence-corrected chi connectivity index (χ4v) is 3.11. The van der Waals surface area contributed by atoms with E-state index in [1.54, 1.807) is 6.92 Å². The Morgan fingerprint density at radius 3 is 3.00 bits per heavy atom. The molecule has 2 atom stereocenters. The molecule has 3 rings (SSSR count). The van der Waals surface area contributed by atoms with Crippen LogP contribution in [0.25, 0.3) is 0 Å². The topological polar surface area (TPSA) is 46.6 Å². The summed E-state index contributed by atoms with van der Waals surface area (Å²) in [7, 11) is 0. The number of esters is 1. The van der Waals surface area contributed by atoms with E-state index < -0.39 is 17.7 Å². The van der Waals surface area contributed by atoms with Crippen LogP contribution in [-0.4, -0.2) is 36.0 Å². The smallest absolute Gasteiger partial charge is 0.325 e. The number of benzene rings is 1. The van der Waals surface area contributed by atoms with E-state index in [0.717, 1.165) is 0 Å². The second-order valence-electron chi connectivity index (χ2n) is 4.97. The Labute approximate surface area is 120 Å². The molecule has 0 aromatic heterocycles. The van der Waals surface area contributed by atoms with Gasteiger partial charge in [-0.25, -0.2) is 4.39 Å². The first-order valence-electron chi connectivity index (χ1n) is 6.49. The Balaban J connectivity index is 1.94. The molecule has 1 fully saturated rings. The highest BCUT2D eigenvalue weighted by molar-refractivity contribution is 6.32. The zero-order chi connectivity index (χ0) is 14.4. The van der Waals surface area contributed by atoms with Crippen molar-refractivity contribution in [3.63, 3.8) is 0 Å². The summed E-state index contributed by atoms with van der Waals surface area (Å²) in [6.07, 6.45) is 0.710. The van der Waals surface area contributed by atoms with Gasteiger partial charge in [-0.15, -0.1) is 0 Å². The van der Waals surface area contributed by atoms with Crippen LogP contribution < -0.4 is 0 Å². The van der Waals surface area contributed by atoms with E-state index in [1.165, 1.54) is 17.0 Å². The van der Waals surface area contributed by atoms with Gasteiger partial charge in [0.05, 0.1) is 12.2 Å². The largest absolute Gasteiger partial charge is 0.465 e. The number of nitrogens with zero attached hydrogens (tertiary/aromatic N) is 1. The van der Waals surface area contributed by atoms with Crippen LogP contribution in [0.3, 0.4) is 0 Å². The maximum absolute atomic E-state index is 13.9. The lowest BCUT2D eigenvalue weighted by atomic mass is 9.97. The molecule has 1 aliphatic heterocycles. The quantitative estimate of drug-likeness (QED) is 0.805. The lowest BCUT2D eigenvalue weighted by molar-refractivity contribution is -0.144. The van der Waals surface area contributed by atoms with E-state index in [4.69, 9.17) is 16.3 Å². The van der Waals surface area contributed by atoms with Crippen LogP contribution in [0.2, 0.25) is 5.02 Å². The van der Waals surface area contributed by atoms with Crippen LogP contribution in [0.4, 0.5) is 4.39 Å². The molecular weight excluding hydrogens is 285 g/mol. The normalized spacial score (nSPS) is 23.1. The second kappa shape index (κ2) is 4.74. The predicted molar refractivity (Wildman–Crippen MR) is 70.2 cm³/mol. The van der Waals surface area contributed by atoms with Crippen molar-refractivity contribution in [2.75, 3.05) is 13.2 Å². The van der Waals surface area contributed by atoms with Crippen molar-refractivity contribution in [3.05, 3.63) is 34.1 Å². The first-order chi connectivity index (χ1) is 9.54. The number of carbonyl (C=O) groups excluding carboxylic acids is 2. The maximum Gasteiger partial charge on any atom is 0.325 e. The third-order valence-electron chi connectivity index (χ3n) is 3.75. The highest BCUT2D eigenvalue weighted by Crippen LogP contribution is 2.52. The van der Waals surface area contributed by atoms with Gasteiger partial charge < -0.3 is 9.64 Å².